The fourth-order valence-corrected chi connectivity index (χ4v) is 3.78. The van der Waals surface area contributed by atoms with E-state index in [0.717, 1.165) is 71.7 Å². The maximum atomic E-state index is 6.23. The summed E-state index contributed by atoms with van der Waals surface area (Å²) in [6.07, 6.45) is 2.24. The van der Waals surface area contributed by atoms with E-state index in [1.807, 2.05) is 38.1 Å². The van der Waals surface area contributed by atoms with E-state index >= 15 is 0 Å². The number of nitrogens with two attached hydrogens (primary N) is 1. The highest BCUT2D eigenvalue weighted by molar-refractivity contribution is 5.93. The van der Waals surface area contributed by atoms with Crippen molar-refractivity contribution in [3.8, 4) is 11.3 Å². The molecule has 1 unspecified atom stereocenters. The highest BCUT2D eigenvalue weighted by Gasteiger charge is 2.10. The molecule has 7 heteroatoms. The molecule has 168 valence electrons. The van der Waals surface area contributed by atoms with Crippen LogP contribution in [0.2, 0.25) is 0 Å². The molecule has 0 amide bonds. The summed E-state index contributed by atoms with van der Waals surface area (Å²) >= 11 is 0. The van der Waals surface area contributed by atoms with Crippen LogP contribution in [0.25, 0.3) is 22.2 Å². The van der Waals surface area contributed by atoms with Crippen molar-refractivity contribution >= 4 is 22.5 Å². The van der Waals surface area contributed by atoms with Crippen LogP contribution >= 0.6 is 0 Å². The molecule has 0 bridgehead atoms. The molecule has 0 saturated carbocycles. The van der Waals surface area contributed by atoms with Crippen LogP contribution in [0.3, 0.4) is 0 Å². The summed E-state index contributed by atoms with van der Waals surface area (Å²) < 4.78 is 0. The fraction of sp³-hybridized carbons (Fsp3) is 0.458. The van der Waals surface area contributed by atoms with E-state index in [9.17, 15) is 0 Å². The maximum Gasteiger partial charge on any atom is 0.223 e. The number of nitrogens with zero attached hydrogens (tertiary/aromatic N) is 4. The third kappa shape index (κ3) is 6.35. The van der Waals surface area contributed by atoms with Crippen LogP contribution in [0, 0.1) is 13.8 Å². The molecule has 2 heterocycles. The molecule has 0 radical (unpaired) electrons. The minimum absolute atomic E-state index is 0. The van der Waals surface area contributed by atoms with Crippen LogP contribution in [0.1, 0.15) is 45.0 Å². The second kappa shape index (κ2) is 11.0. The zero-order valence-electron chi connectivity index (χ0n) is 19.6. The second-order valence-corrected chi connectivity index (χ2v) is 8.02. The molecule has 7 nitrogen and oxygen atoms in total. The van der Waals surface area contributed by atoms with Gasteiger partial charge >= 0.3 is 0 Å². The second-order valence-electron chi connectivity index (χ2n) is 8.02. The van der Waals surface area contributed by atoms with Crippen molar-refractivity contribution in [2.45, 2.75) is 53.5 Å². The average molecular weight is 424 g/mol. The summed E-state index contributed by atoms with van der Waals surface area (Å²) in [5.74, 6) is 0.676. The number of aryl methyl sites for hydroxylation is 2. The van der Waals surface area contributed by atoms with Crippen LogP contribution < -0.4 is 17.2 Å². The lowest BCUT2D eigenvalue weighted by molar-refractivity contribution is 0.295. The first-order chi connectivity index (χ1) is 14.4. The molecule has 1 atom stereocenters. The molecule has 0 spiro atoms. The van der Waals surface area contributed by atoms with Gasteiger partial charge in [0.05, 0.1) is 11.2 Å². The Balaban J connectivity index is 0.00000341. The molecular formula is C24H37N7. The van der Waals surface area contributed by atoms with E-state index < -0.39 is 0 Å². The first-order valence-electron chi connectivity index (χ1n) is 10.9. The Kier molecular flexibility index (Phi) is 8.71. The molecule has 0 aliphatic rings. The number of benzene rings is 1. The first-order valence-corrected chi connectivity index (χ1v) is 10.9. The SMILES string of the molecule is CCN(CC)CCCC(C)Nc1nc(C)cc(-c2ccc3nc(C)cc(N)c3c2)n1.N. The van der Waals surface area contributed by atoms with Crippen LogP contribution in [0.4, 0.5) is 11.6 Å². The Bertz CT molecular complexity index is 999. The van der Waals surface area contributed by atoms with Gasteiger partial charge in [-0.25, -0.2) is 9.97 Å². The minimum Gasteiger partial charge on any atom is -0.398 e. The summed E-state index contributed by atoms with van der Waals surface area (Å²) in [5.41, 5.74) is 11.6. The molecule has 31 heavy (non-hydrogen) atoms. The predicted octanol–water partition coefficient (Wildman–Crippen LogP) is 4.98. The van der Waals surface area contributed by atoms with Gasteiger partial charge in [0.25, 0.3) is 0 Å². The highest BCUT2D eigenvalue weighted by atomic mass is 15.1. The third-order valence-corrected chi connectivity index (χ3v) is 5.50. The monoisotopic (exact) mass is 423 g/mol. The molecule has 3 aromatic rings. The maximum absolute atomic E-state index is 6.23. The lowest BCUT2D eigenvalue weighted by Gasteiger charge is -2.20. The van der Waals surface area contributed by atoms with Crippen molar-refractivity contribution in [2.75, 3.05) is 30.7 Å². The molecule has 2 aromatic heterocycles. The van der Waals surface area contributed by atoms with Crippen LogP contribution in [-0.4, -0.2) is 45.5 Å². The molecule has 6 N–H and O–H groups in total. The topological polar surface area (TPSA) is 115 Å². The predicted molar refractivity (Wildman–Crippen MR) is 132 cm³/mol. The molecule has 1 aromatic carbocycles. The normalized spacial score (nSPS) is 12.1. The number of fused-ring (bicyclic) bond motifs is 1. The first kappa shape index (κ1) is 24.5. The number of hydrogen-bond acceptors (Lipinski definition) is 7. The van der Waals surface area contributed by atoms with Gasteiger partial charge in [0.15, 0.2) is 0 Å². The lowest BCUT2D eigenvalue weighted by Crippen LogP contribution is -2.26. The summed E-state index contributed by atoms with van der Waals surface area (Å²) in [6.45, 7) is 13.9. The zero-order valence-corrected chi connectivity index (χ0v) is 19.6. The zero-order chi connectivity index (χ0) is 21.7. The van der Waals surface area contributed by atoms with Crippen LogP contribution in [0.15, 0.2) is 30.3 Å². The standard InChI is InChI=1S/C24H34N6.H3N/c1-6-30(7-2)12-8-9-16(3)27-24-28-18(5)14-23(29-24)19-10-11-22-20(15-19)21(25)13-17(4)26-22;/h10-11,13-16H,6-9,12H2,1-5H3,(H2,25,26)(H,27,28,29);1H3. The Hall–Kier alpha value is -2.77. The average Bonchev–Trinajstić information content (AvgIpc) is 2.70. The number of anilines is 2. The molecule has 0 saturated heterocycles. The van der Waals surface area contributed by atoms with Crippen molar-refractivity contribution in [3.63, 3.8) is 0 Å². The van der Waals surface area contributed by atoms with Crippen molar-refractivity contribution in [1.82, 2.24) is 26.0 Å². The van der Waals surface area contributed by atoms with Crippen molar-refractivity contribution in [3.05, 3.63) is 41.7 Å². The van der Waals surface area contributed by atoms with E-state index in [0.29, 0.717) is 12.0 Å². The third-order valence-electron chi connectivity index (χ3n) is 5.50. The lowest BCUT2D eigenvalue weighted by atomic mass is 10.1. The van der Waals surface area contributed by atoms with Crippen LogP contribution in [0.5, 0.6) is 0 Å². The van der Waals surface area contributed by atoms with Crippen molar-refractivity contribution < 1.29 is 0 Å². The number of aromatic nitrogens is 3. The van der Waals surface area contributed by atoms with Gasteiger partial charge in [-0.1, -0.05) is 19.9 Å². The van der Waals surface area contributed by atoms with Crippen LogP contribution in [-0.2, 0) is 0 Å². The van der Waals surface area contributed by atoms with E-state index in [2.05, 4.69) is 47.0 Å². The van der Waals surface area contributed by atoms with Gasteiger partial charge in [0.1, 0.15) is 0 Å². The number of rotatable bonds is 9. The summed E-state index contributed by atoms with van der Waals surface area (Å²) in [4.78, 5) is 16.4. The van der Waals surface area contributed by atoms with Gasteiger partial charge in [-0.05, 0) is 77.5 Å². The van der Waals surface area contributed by atoms with Gasteiger partial charge in [0.2, 0.25) is 5.95 Å². The largest absolute Gasteiger partial charge is 0.398 e. The van der Waals surface area contributed by atoms with E-state index in [4.69, 9.17) is 10.7 Å². The van der Waals surface area contributed by atoms with Gasteiger partial charge in [0, 0.05) is 34.1 Å². The van der Waals surface area contributed by atoms with Gasteiger partial charge < -0.3 is 22.1 Å². The van der Waals surface area contributed by atoms with Crippen molar-refractivity contribution in [1.29, 1.82) is 0 Å². The number of nitrogen functional groups attached to an aromatic ring is 1. The molecule has 3 rings (SSSR count). The Morgan fingerprint density at radius 2 is 1.71 bits per heavy atom. The Morgan fingerprint density at radius 1 is 1.00 bits per heavy atom. The van der Waals surface area contributed by atoms with Gasteiger partial charge in [-0.3, -0.25) is 4.98 Å². The molecule has 0 fully saturated rings. The number of hydrogen-bond donors (Lipinski definition) is 3. The summed E-state index contributed by atoms with van der Waals surface area (Å²) in [6, 6.07) is 10.4. The van der Waals surface area contributed by atoms with E-state index in [1.165, 1.54) is 0 Å². The number of pyridine rings is 1. The Labute approximate surface area is 186 Å². The fourth-order valence-electron chi connectivity index (χ4n) is 3.78. The van der Waals surface area contributed by atoms with E-state index in [1.54, 1.807) is 0 Å². The summed E-state index contributed by atoms with van der Waals surface area (Å²) in [7, 11) is 0. The number of nitrogens with one attached hydrogen (secondary N) is 1. The van der Waals surface area contributed by atoms with Crippen molar-refractivity contribution in [2.24, 2.45) is 0 Å². The summed E-state index contributed by atoms with van der Waals surface area (Å²) in [5, 5.41) is 4.43. The van der Waals surface area contributed by atoms with Gasteiger partial charge in [-0.15, -0.1) is 0 Å². The minimum atomic E-state index is 0. The highest BCUT2D eigenvalue weighted by Crippen LogP contribution is 2.27. The molecule has 0 aliphatic carbocycles. The molecular weight excluding hydrogens is 386 g/mol. The Morgan fingerprint density at radius 3 is 2.42 bits per heavy atom. The van der Waals surface area contributed by atoms with Gasteiger partial charge in [-0.2, -0.15) is 0 Å². The van der Waals surface area contributed by atoms with E-state index in [-0.39, 0.29) is 6.15 Å². The molecule has 0 aliphatic heterocycles. The quantitative estimate of drug-likeness (QED) is 0.445. The smallest absolute Gasteiger partial charge is 0.223 e.